The van der Waals surface area contributed by atoms with Crippen molar-refractivity contribution in [3.63, 3.8) is 0 Å². The van der Waals surface area contributed by atoms with Crippen LogP contribution in [0.2, 0.25) is 0 Å². The number of fused-ring (bicyclic) bond motifs is 5. The van der Waals surface area contributed by atoms with Crippen molar-refractivity contribution in [2.75, 3.05) is 4.90 Å². The van der Waals surface area contributed by atoms with Crippen molar-refractivity contribution in [1.29, 1.82) is 0 Å². The molecule has 0 radical (unpaired) electrons. The maximum atomic E-state index is 12.9. The van der Waals surface area contributed by atoms with Crippen LogP contribution < -0.4 is 4.90 Å². The van der Waals surface area contributed by atoms with Crippen LogP contribution in [0.3, 0.4) is 0 Å². The number of carbonyl (C=O) groups is 2. The summed E-state index contributed by atoms with van der Waals surface area (Å²) in [4.78, 5) is 36.3. The molecule has 0 aliphatic carbocycles. The molecule has 0 bridgehead atoms. The number of amides is 2. The van der Waals surface area contributed by atoms with E-state index in [0.29, 0.717) is 27.7 Å². The molecule has 0 saturated heterocycles. The van der Waals surface area contributed by atoms with Gasteiger partial charge in [-0.1, -0.05) is 30.3 Å². The van der Waals surface area contributed by atoms with Gasteiger partial charge in [0.05, 0.1) is 38.9 Å². The van der Waals surface area contributed by atoms with Gasteiger partial charge in [0.2, 0.25) is 0 Å². The molecule has 196 valence electrons. The Hall–Kier alpha value is -4.99. The van der Waals surface area contributed by atoms with Crippen molar-refractivity contribution < 1.29 is 18.4 Å². The van der Waals surface area contributed by atoms with Gasteiger partial charge in [-0.15, -0.1) is 11.3 Å². The molecule has 4 heterocycles. The summed E-state index contributed by atoms with van der Waals surface area (Å²) in [6.45, 7) is 0. The Balaban J connectivity index is 1.00. The normalized spacial score (nSPS) is 13.4. The van der Waals surface area contributed by atoms with Crippen LogP contribution >= 0.6 is 23.1 Å². The number of aromatic nitrogens is 1. The molecule has 7 nitrogen and oxygen atoms in total. The van der Waals surface area contributed by atoms with Crippen molar-refractivity contribution >= 4 is 84.7 Å². The van der Waals surface area contributed by atoms with Crippen LogP contribution in [0.1, 0.15) is 26.5 Å². The third-order valence-corrected chi connectivity index (χ3v) is 8.90. The van der Waals surface area contributed by atoms with Crippen molar-refractivity contribution in [3.8, 4) is 0 Å². The number of benzene rings is 4. The van der Waals surface area contributed by atoms with Crippen LogP contribution in [-0.2, 0) is 0 Å². The van der Waals surface area contributed by atoms with E-state index in [2.05, 4.69) is 4.99 Å². The lowest BCUT2D eigenvalue weighted by Crippen LogP contribution is -2.29. The Labute approximate surface area is 240 Å². The van der Waals surface area contributed by atoms with E-state index in [0.717, 1.165) is 42.2 Å². The van der Waals surface area contributed by atoms with Gasteiger partial charge in [0.1, 0.15) is 16.9 Å². The molecule has 0 N–H and O–H groups in total. The Morgan fingerprint density at radius 1 is 0.780 bits per heavy atom. The molecule has 1 aliphatic rings. The number of hydrogen-bond donors (Lipinski definition) is 0. The summed E-state index contributed by atoms with van der Waals surface area (Å²) in [5.41, 5.74) is 4.57. The Morgan fingerprint density at radius 3 is 2.41 bits per heavy atom. The second-order valence-electron chi connectivity index (χ2n) is 9.42. The zero-order valence-corrected chi connectivity index (χ0v) is 22.7. The summed E-state index contributed by atoms with van der Waals surface area (Å²) in [5.74, 6) is -0.0103. The van der Waals surface area contributed by atoms with Crippen LogP contribution in [0.4, 0.5) is 11.4 Å². The minimum Gasteiger partial charge on any atom is -0.456 e. The zero-order chi connectivity index (χ0) is 27.5. The first-order valence-corrected chi connectivity index (χ1v) is 14.4. The molecule has 0 fully saturated rings. The van der Waals surface area contributed by atoms with E-state index < -0.39 is 0 Å². The quantitative estimate of drug-likeness (QED) is 0.152. The number of hydrogen-bond acceptors (Lipinski definition) is 8. The van der Waals surface area contributed by atoms with Gasteiger partial charge < -0.3 is 8.83 Å². The van der Waals surface area contributed by atoms with Crippen molar-refractivity contribution in [2.45, 2.75) is 9.43 Å². The minimum atomic E-state index is -0.314. The summed E-state index contributed by atoms with van der Waals surface area (Å²) in [7, 11) is 0. The maximum Gasteiger partial charge on any atom is 0.266 e. The smallest absolute Gasteiger partial charge is 0.266 e. The molecular weight excluding hydrogens is 555 g/mol. The number of carbonyl (C=O) groups excluding carboxylic acids is 2. The lowest BCUT2D eigenvalue weighted by Gasteiger charge is -2.13. The number of para-hydroxylation sites is 1. The third-order valence-electron chi connectivity index (χ3n) is 6.90. The van der Waals surface area contributed by atoms with Crippen LogP contribution in [0.15, 0.2) is 120 Å². The largest absolute Gasteiger partial charge is 0.456 e. The number of nitrogens with zero attached hydrogens (tertiary/aromatic N) is 3. The van der Waals surface area contributed by atoms with Gasteiger partial charge in [0.25, 0.3) is 11.8 Å². The predicted molar refractivity (Wildman–Crippen MR) is 161 cm³/mol. The predicted octanol–water partition coefficient (Wildman–Crippen LogP) is 8.49. The highest BCUT2D eigenvalue weighted by atomic mass is 32.2. The molecule has 0 spiro atoms. The third kappa shape index (κ3) is 4.05. The van der Waals surface area contributed by atoms with E-state index in [1.807, 2.05) is 66.7 Å². The van der Waals surface area contributed by atoms with E-state index in [-0.39, 0.29) is 11.8 Å². The van der Waals surface area contributed by atoms with E-state index in [9.17, 15) is 9.59 Å². The van der Waals surface area contributed by atoms with E-state index in [1.54, 1.807) is 36.5 Å². The molecule has 8 rings (SSSR count). The Morgan fingerprint density at radius 2 is 1.56 bits per heavy atom. The van der Waals surface area contributed by atoms with Crippen molar-refractivity contribution in [2.24, 2.45) is 4.99 Å². The summed E-state index contributed by atoms with van der Waals surface area (Å²) < 4.78 is 13.6. The summed E-state index contributed by atoms with van der Waals surface area (Å²) >= 11 is 2.88. The molecule has 4 aromatic carbocycles. The number of thiazole rings is 1. The molecular formula is C32H17N3O4S2. The summed E-state index contributed by atoms with van der Waals surface area (Å²) in [5, 5.41) is 2.82. The number of furan rings is 2. The minimum absolute atomic E-state index is 0.314. The van der Waals surface area contributed by atoms with Crippen molar-refractivity contribution in [1.82, 2.24) is 4.98 Å². The van der Waals surface area contributed by atoms with Gasteiger partial charge in [-0.05, 0) is 72.4 Å². The Bertz CT molecular complexity index is 2170. The SMILES string of the molecule is O=C1c2ccccc2C(=O)N1c1ccc2nc(Sc3ccc(C=Nc4ccc5c(c4)oc4ccccc45)o3)sc2c1. The Kier molecular flexibility index (Phi) is 5.41. The first-order chi connectivity index (χ1) is 20.1. The highest BCUT2D eigenvalue weighted by Crippen LogP contribution is 2.38. The molecule has 2 amide bonds. The fourth-order valence-corrected chi connectivity index (χ4v) is 6.98. The van der Waals surface area contributed by atoms with Gasteiger partial charge in [-0.2, -0.15) is 0 Å². The van der Waals surface area contributed by atoms with Gasteiger partial charge >= 0.3 is 0 Å². The molecule has 0 atom stereocenters. The number of anilines is 1. The lowest BCUT2D eigenvalue weighted by molar-refractivity contribution is 0.0926. The second kappa shape index (κ2) is 9.29. The topological polar surface area (TPSA) is 88.9 Å². The molecule has 0 unspecified atom stereocenters. The molecule has 0 saturated carbocycles. The van der Waals surface area contributed by atoms with Crippen LogP contribution in [-0.4, -0.2) is 23.0 Å². The number of aliphatic imine (C=N–C) groups is 1. The van der Waals surface area contributed by atoms with E-state index in [4.69, 9.17) is 13.8 Å². The standard InChI is InChI=1S/C32H17N3O4S2/c36-30-23-6-1-2-7-24(23)31(37)35(30)19-10-13-25-28(16-19)40-32(34-25)41-29-14-11-20(38-29)17-33-18-9-12-22-21-5-3-4-8-26(21)39-27(22)15-18/h1-17H. The van der Waals surface area contributed by atoms with Gasteiger partial charge in [-0.3, -0.25) is 14.6 Å². The fourth-order valence-electron chi connectivity index (χ4n) is 4.98. The molecule has 41 heavy (non-hydrogen) atoms. The average Bonchev–Trinajstić information content (AvgIpc) is 3.76. The molecule has 3 aromatic heterocycles. The van der Waals surface area contributed by atoms with E-state index >= 15 is 0 Å². The van der Waals surface area contributed by atoms with Crippen LogP contribution in [0.5, 0.6) is 0 Å². The summed E-state index contributed by atoms with van der Waals surface area (Å²) in [6, 6.07) is 29.9. The van der Waals surface area contributed by atoms with Gasteiger partial charge in [0.15, 0.2) is 9.43 Å². The monoisotopic (exact) mass is 571 g/mol. The van der Waals surface area contributed by atoms with Gasteiger partial charge in [0, 0.05) is 16.8 Å². The second-order valence-corrected chi connectivity index (χ2v) is 11.7. The first-order valence-electron chi connectivity index (χ1n) is 12.7. The first kappa shape index (κ1) is 23.9. The zero-order valence-electron chi connectivity index (χ0n) is 21.1. The molecule has 7 aromatic rings. The van der Waals surface area contributed by atoms with Crippen LogP contribution in [0, 0.1) is 0 Å². The van der Waals surface area contributed by atoms with Gasteiger partial charge in [-0.25, -0.2) is 9.88 Å². The fraction of sp³-hybridized carbons (Fsp3) is 0. The highest BCUT2D eigenvalue weighted by molar-refractivity contribution is 8.01. The van der Waals surface area contributed by atoms with E-state index in [1.165, 1.54) is 28.0 Å². The van der Waals surface area contributed by atoms with Crippen LogP contribution in [0.25, 0.3) is 32.2 Å². The average molecular weight is 572 g/mol. The summed E-state index contributed by atoms with van der Waals surface area (Å²) in [6.07, 6.45) is 1.68. The lowest BCUT2D eigenvalue weighted by atomic mass is 10.1. The van der Waals surface area contributed by atoms with Crippen molar-refractivity contribution in [3.05, 3.63) is 114 Å². The maximum absolute atomic E-state index is 12.9. The number of imide groups is 1. The highest BCUT2D eigenvalue weighted by Gasteiger charge is 2.36. The molecule has 1 aliphatic heterocycles. The molecule has 9 heteroatoms. The number of rotatable bonds is 5.